The summed E-state index contributed by atoms with van der Waals surface area (Å²) >= 11 is 0. The van der Waals surface area contributed by atoms with Crippen molar-refractivity contribution in [3.63, 3.8) is 0 Å². The molecule has 4 aromatic rings. The molecule has 0 bridgehead atoms. The van der Waals surface area contributed by atoms with Crippen molar-refractivity contribution in [1.29, 1.82) is 0 Å². The van der Waals surface area contributed by atoms with Crippen LogP contribution in [0.3, 0.4) is 0 Å². The molecule has 2 aromatic carbocycles. The molecule has 0 fully saturated rings. The summed E-state index contributed by atoms with van der Waals surface area (Å²) in [6.07, 6.45) is 1.56. The molecule has 7 heteroatoms. The highest BCUT2D eigenvalue weighted by molar-refractivity contribution is 6.05. The zero-order valence-corrected chi connectivity index (χ0v) is 17.3. The van der Waals surface area contributed by atoms with E-state index in [-0.39, 0.29) is 11.8 Å². The zero-order valence-electron chi connectivity index (χ0n) is 17.3. The van der Waals surface area contributed by atoms with Crippen LogP contribution in [0.5, 0.6) is 0 Å². The molecule has 31 heavy (non-hydrogen) atoms. The van der Waals surface area contributed by atoms with Gasteiger partial charge < -0.3 is 15.1 Å². The summed E-state index contributed by atoms with van der Waals surface area (Å²) in [4.78, 5) is 25.4. The molecule has 0 radical (unpaired) electrons. The minimum atomic E-state index is -0.342. The lowest BCUT2D eigenvalue weighted by molar-refractivity contribution is 0.0954. The molecular formula is C24H22N4O3. The van der Waals surface area contributed by atoms with Crippen LogP contribution in [0, 0.1) is 6.92 Å². The minimum Gasteiger partial charge on any atom is -0.463 e. The van der Waals surface area contributed by atoms with Crippen LogP contribution in [-0.2, 0) is 0 Å². The van der Waals surface area contributed by atoms with Gasteiger partial charge in [-0.25, -0.2) is 4.68 Å². The maximum Gasteiger partial charge on any atom is 0.274 e. The quantitative estimate of drug-likeness (QED) is 0.488. The molecule has 0 aliphatic rings. The van der Waals surface area contributed by atoms with Crippen LogP contribution < -0.4 is 10.6 Å². The molecule has 0 saturated heterocycles. The summed E-state index contributed by atoms with van der Waals surface area (Å²) in [5.74, 6) is 0.0379. The highest BCUT2D eigenvalue weighted by Crippen LogP contribution is 2.24. The second-order valence-corrected chi connectivity index (χ2v) is 6.98. The maximum atomic E-state index is 13.2. The predicted molar refractivity (Wildman–Crippen MR) is 118 cm³/mol. The number of furan rings is 1. The normalized spacial score (nSPS) is 10.6. The van der Waals surface area contributed by atoms with E-state index in [4.69, 9.17) is 4.42 Å². The fourth-order valence-electron chi connectivity index (χ4n) is 3.20. The Morgan fingerprint density at radius 3 is 2.52 bits per heavy atom. The van der Waals surface area contributed by atoms with Gasteiger partial charge in [-0.15, -0.1) is 0 Å². The zero-order chi connectivity index (χ0) is 21.8. The van der Waals surface area contributed by atoms with E-state index in [1.807, 2.05) is 50.2 Å². The van der Waals surface area contributed by atoms with Crippen molar-refractivity contribution in [3.05, 3.63) is 89.8 Å². The van der Waals surface area contributed by atoms with Gasteiger partial charge in [0.05, 0.1) is 12.0 Å². The molecule has 4 rings (SSSR count). The Kier molecular flexibility index (Phi) is 5.66. The average molecular weight is 414 g/mol. The Hall–Kier alpha value is -4.13. The molecular weight excluding hydrogens is 392 g/mol. The Labute approximate surface area is 179 Å². The maximum absolute atomic E-state index is 13.2. The third-order valence-corrected chi connectivity index (χ3v) is 4.80. The van der Waals surface area contributed by atoms with Crippen molar-refractivity contribution < 1.29 is 14.0 Å². The smallest absolute Gasteiger partial charge is 0.274 e. The third-order valence-electron chi connectivity index (χ3n) is 4.80. The number of hydrogen-bond donors (Lipinski definition) is 2. The highest BCUT2D eigenvalue weighted by Gasteiger charge is 2.20. The van der Waals surface area contributed by atoms with Gasteiger partial charge in [0.1, 0.15) is 11.4 Å². The number of nitrogens with zero attached hydrogens (tertiary/aromatic N) is 2. The van der Waals surface area contributed by atoms with Crippen molar-refractivity contribution in [1.82, 2.24) is 15.1 Å². The van der Waals surface area contributed by atoms with Crippen LogP contribution in [0.1, 0.15) is 33.3 Å². The molecule has 0 spiro atoms. The van der Waals surface area contributed by atoms with Gasteiger partial charge in [0.15, 0.2) is 5.76 Å². The molecule has 2 heterocycles. The molecule has 2 N–H and O–H groups in total. The van der Waals surface area contributed by atoms with Crippen molar-refractivity contribution in [2.45, 2.75) is 13.8 Å². The van der Waals surface area contributed by atoms with Gasteiger partial charge in [-0.05, 0) is 55.8 Å². The van der Waals surface area contributed by atoms with E-state index >= 15 is 0 Å². The van der Waals surface area contributed by atoms with Gasteiger partial charge in [-0.2, -0.15) is 5.10 Å². The molecule has 7 nitrogen and oxygen atoms in total. The number of nitrogens with one attached hydrogen (secondary N) is 2. The number of para-hydroxylation sites is 1. The molecule has 156 valence electrons. The first-order valence-corrected chi connectivity index (χ1v) is 9.96. The average Bonchev–Trinajstić information content (AvgIpc) is 3.46. The van der Waals surface area contributed by atoms with Gasteiger partial charge in [0, 0.05) is 23.9 Å². The number of anilines is 1. The van der Waals surface area contributed by atoms with E-state index in [0.29, 0.717) is 34.9 Å². The molecule has 0 atom stereocenters. The molecule has 0 aliphatic heterocycles. The molecule has 0 aliphatic carbocycles. The second-order valence-electron chi connectivity index (χ2n) is 6.98. The lowest BCUT2D eigenvalue weighted by Crippen LogP contribution is -2.23. The standard InChI is InChI=1S/C24H22N4O3/c1-3-25-23(29)17-12-11-16(2)19(14-17)26-24(30)21-15-20(22-10-7-13-31-22)27-28(21)18-8-5-4-6-9-18/h4-15H,3H2,1-2H3,(H,25,29)(H,26,30). The lowest BCUT2D eigenvalue weighted by Gasteiger charge is -2.12. The summed E-state index contributed by atoms with van der Waals surface area (Å²) in [6.45, 7) is 4.26. The van der Waals surface area contributed by atoms with Gasteiger partial charge >= 0.3 is 0 Å². The van der Waals surface area contributed by atoms with E-state index in [1.54, 1.807) is 41.3 Å². The minimum absolute atomic E-state index is 0.188. The Morgan fingerprint density at radius 1 is 1.00 bits per heavy atom. The SMILES string of the molecule is CCNC(=O)c1ccc(C)c(NC(=O)c2cc(-c3ccco3)nn2-c2ccccc2)c1. The van der Waals surface area contributed by atoms with Gasteiger partial charge in [0.25, 0.3) is 11.8 Å². The van der Waals surface area contributed by atoms with E-state index in [0.717, 1.165) is 11.3 Å². The van der Waals surface area contributed by atoms with Crippen LogP contribution >= 0.6 is 0 Å². The predicted octanol–water partition coefficient (Wildman–Crippen LogP) is 4.44. The largest absolute Gasteiger partial charge is 0.463 e. The molecule has 0 unspecified atom stereocenters. The van der Waals surface area contributed by atoms with Crippen LogP contribution in [0.4, 0.5) is 5.69 Å². The third kappa shape index (κ3) is 4.25. The Morgan fingerprint density at radius 2 is 1.81 bits per heavy atom. The van der Waals surface area contributed by atoms with Gasteiger partial charge in [-0.1, -0.05) is 24.3 Å². The number of rotatable bonds is 6. The van der Waals surface area contributed by atoms with E-state index < -0.39 is 0 Å². The summed E-state index contributed by atoms with van der Waals surface area (Å²) in [6, 6.07) is 19.9. The number of aromatic nitrogens is 2. The van der Waals surface area contributed by atoms with E-state index in [9.17, 15) is 9.59 Å². The van der Waals surface area contributed by atoms with Crippen LogP contribution in [0.25, 0.3) is 17.1 Å². The fraction of sp³-hybridized carbons (Fsp3) is 0.125. The van der Waals surface area contributed by atoms with Crippen molar-refractivity contribution in [2.24, 2.45) is 0 Å². The Balaban J connectivity index is 1.70. The van der Waals surface area contributed by atoms with Crippen molar-refractivity contribution in [3.8, 4) is 17.1 Å². The highest BCUT2D eigenvalue weighted by atomic mass is 16.3. The van der Waals surface area contributed by atoms with Crippen molar-refractivity contribution >= 4 is 17.5 Å². The van der Waals surface area contributed by atoms with Crippen LogP contribution in [0.2, 0.25) is 0 Å². The first kappa shape index (κ1) is 20.2. The molecule has 2 aromatic heterocycles. The lowest BCUT2D eigenvalue weighted by atomic mass is 10.1. The van der Waals surface area contributed by atoms with E-state index in [1.165, 1.54) is 0 Å². The number of carbonyl (C=O) groups excluding carboxylic acids is 2. The number of hydrogen-bond acceptors (Lipinski definition) is 4. The van der Waals surface area contributed by atoms with E-state index in [2.05, 4.69) is 15.7 Å². The molecule has 2 amide bonds. The number of carbonyl (C=O) groups is 2. The number of aryl methyl sites for hydroxylation is 1. The second kappa shape index (κ2) is 8.71. The van der Waals surface area contributed by atoms with Crippen LogP contribution in [0.15, 0.2) is 77.4 Å². The van der Waals surface area contributed by atoms with Gasteiger partial charge in [-0.3, -0.25) is 9.59 Å². The summed E-state index contributed by atoms with van der Waals surface area (Å²) in [5.41, 5.74) is 3.54. The van der Waals surface area contributed by atoms with Crippen molar-refractivity contribution in [2.75, 3.05) is 11.9 Å². The summed E-state index contributed by atoms with van der Waals surface area (Å²) < 4.78 is 7.03. The Bertz CT molecular complexity index is 1210. The monoisotopic (exact) mass is 414 g/mol. The fourth-order valence-corrected chi connectivity index (χ4v) is 3.20. The number of benzene rings is 2. The molecule has 0 saturated carbocycles. The number of amides is 2. The summed E-state index contributed by atoms with van der Waals surface area (Å²) in [7, 11) is 0. The van der Waals surface area contributed by atoms with Crippen LogP contribution in [-0.4, -0.2) is 28.1 Å². The van der Waals surface area contributed by atoms with Gasteiger partial charge in [0.2, 0.25) is 0 Å². The first-order valence-electron chi connectivity index (χ1n) is 9.96. The first-order chi connectivity index (χ1) is 15.1. The topological polar surface area (TPSA) is 89.2 Å². The summed E-state index contributed by atoms with van der Waals surface area (Å²) in [5, 5.41) is 10.3.